The Morgan fingerprint density at radius 3 is 2.44 bits per heavy atom. The zero-order valence-electron chi connectivity index (χ0n) is 27.1. The fraction of sp³-hybridized carbons (Fsp3) is 0.486. The van der Waals surface area contributed by atoms with Gasteiger partial charge in [0.25, 0.3) is 5.91 Å². The number of aliphatic hydroxyl groups is 1. The summed E-state index contributed by atoms with van der Waals surface area (Å²) in [7, 11) is 0. The lowest BCUT2D eigenvalue weighted by Crippen LogP contribution is -2.57. The van der Waals surface area contributed by atoms with Gasteiger partial charge in [-0.05, 0) is 68.7 Å². The predicted octanol–water partition coefficient (Wildman–Crippen LogP) is 4.82. The Balaban J connectivity index is 1.60. The summed E-state index contributed by atoms with van der Waals surface area (Å²) < 4.78 is 7.00. The lowest BCUT2D eigenvalue weighted by molar-refractivity contribution is -0.151. The molecule has 8 nitrogen and oxygen atoms in total. The summed E-state index contributed by atoms with van der Waals surface area (Å²) in [6, 6.07) is 14.8. The Morgan fingerprint density at radius 2 is 1.78 bits per heavy atom. The molecule has 240 valence electrons. The maximum atomic E-state index is 14.9. The van der Waals surface area contributed by atoms with Crippen molar-refractivity contribution in [3.8, 4) is 0 Å². The predicted molar refractivity (Wildman–Crippen MR) is 175 cm³/mol. The molecule has 3 aliphatic heterocycles. The van der Waals surface area contributed by atoms with Gasteiger partial charge in [0.2, 0.25) is 11.8 Å². The molecule has 8 heteroatoms. The van der Waals surface area contributed by atoms with Crippen LogP contribution in [0.3, 0.4) is 0 Å². The molecule has 6 atom stereocenters. The fourth-order valence-electron chi connectivity index (χ4n) is 8.01. The van der Waals surface area contributed by atoms with Crippen molar-refractivity contribution in [2.24, 2.45) is 17.8 Å². The highest BCUT2D eigenvalue weighted by Crippen LogP contribution is 2.65. The van der Waals surface area contributed by atoms with E-state index in [-0.39, 0.29) is 36.8 Å². The van der Waals surface area contributed by atoms with Gasteiger partial charge in [-0.1, -0.05) is 61.5 Å². The zero-order valence-corrected chi connectivity index (χ0v) is 27.1. The minimum atomic E-state index is -1.16. The number of carbonyl (C=O) groups excluding carboxylic acids is 3. The summed E-state index contributed by atoms with van der Waals surface area (Å²) in [6.45, 7) is 17.0. The van der Waals surface area contributed by atoms with Gasteiger partial charge in [0, 0.05) is 38.5 Å². The van der Waals surface area contributed by atoms with Crippen LogP contribution in [0.15, 0.2) is 73.8 Å². The molecule has 0 aromatic heterocycles. The summed E-state index contributed by atoms with van der Waals surface area (Å²) in [4.78, 5) is 49.3. The van der Waals surface area contributed by atoms with E-state index in [0.717, 1.165) is 22.4 Å². The smallest absolute Gasteiger partial charge is 0.253 e. The Morgan fingerprint density at radius 1 is 1.07 bits per heavy atom. The van der Waals surface area contributed by atoms with Crippen molar-refractivity contribution in [2.75, 3.05) is 31.1 Å². The molecule has 3 heterocycles. The number of nitrogens with zero attached hydrogens (tertiary/aromatic N) is 3. The Bertz CT molecular complexity index is 1460. The average molecular weight is 614 g/mol. The van der Waals surface area contributed by atoms with Gasteiger partial charge >= 0.3 is 0 Å². The SMILES string of the molecule is C=CCN(Cc1ccccc1)C(=O)[C@@H]1[C@H]2C(=O)N(CCCCO)C(C(=O)N(CC=C)c3cc(C)ccc3C)C23CC(C)[C@@]1(C)O3. The highest BCUT2D eigenvalue weighted by Gasteiger charge is 2.80. The topological polar surface area (TPSA) is 90.4 Å². The van der Waals surface area contributed by atoms with Crippen LogP contribution in [0.4, 0.5) is 5.69 Å². The molecule has 2 bridgehead atoms. The number of hydrogen-bond donors (Lipinski definition) is 1. The zero-order chi connectivity index (χ0) is 32.5. The molecular weight excluding hydrogens is 566 g/mol. The maximum absolute atomic E-state index is 14.9. The third-order valence-electron chi connectivity index (χ3n) is 10.2. The van der Waals surface area contributed by atoms with Gasteiger partial charge in [-0.25, -0.2) is 0 Å². The summed E-state index contributed by atoms with van der Waals surface area (Å²) in [5.41, 5.74) is 1.61. The molecule has 1 N–H and O–H groups in total. The van der Waals surface area contributed by atoms with Crippen molar-refractivity contribution in [1.82, 2.24) is 9.80 Å². The number of amides is 3. The van der Waals surface area contributed by atoms with Crippen LogP contribution >= 0.6 is 0 Å². The highest BCUT2D eigenvalue weighted by molar-refractivity contribution is 6.05. The van der Waals surface area contributed by atoms with Gasteiger partial charge in [-0.3, -0.25) is 14.4 Å². The molecule has 0 saturated carbocycles. The molecule has 5 rings (SSSR count). The van der Waals surface area contributed by atoms with Gasteiger partial charge < -0.3 is 24.5 Å². The molecule has 3 fully saturated rings. The Hall–Kier alpha value is -3.75. The summed E-state index contributed by atoms with van der Waals surface area (Å²) in [6.07, 6.45) is 4.92. The lowest BCUT2D eigenvalue weighted by Gasteiger charge is -2.39. The molecule has 3 amide bonds. The first kappa shape index (κ1) is 32.6. The van der Waals surface area contributed by atoms with Crippen LogP contribution in [0.25, 0.3) is 0 Å². The first-order valence-electron chi connectivity index (χ1n) is 16.1. The number of ether oxygens (including phenoxy) is 1. The van der Waals surface area contributed by atoms with Crippen LogP contribution in [-0.4, -0.2) is 76.1 Å². The Kier molecular flexibility index (Phi) is 9.38. The standard InChI is InChI=1S/C37H47N3O5/c1-7-18-38(24-28-14-10-9-11-15-28)33(42)30-31-34(43)40(20-12-13-21-41)32(37(31)23-27(5)36(30,6)45-37)35(44)39(19-8-2)29-22-25(3)16-17-26(29)4/h7-11,14-17,22,27,30-32,41H,1-2,12-13,18-21,23-24H2,3-6H3/t27?,30-,31-,32?,36+,37?/m0/s1. The molecule has 1 spiro atoms. The lowest BCUT2D eigenvalue weighted by atomic mass is 9.62. The van der Waals surface area contributed by atoms with E-state index in [9.17, 15) is 19.5 Å². The number of unbranched alkanes of at least 4 members (excludes halogenated alkanes) is 1. The van der Waals surface area contributed by atoms with Crippen molar-refractivity contribution in [3.63, 3.8) is 0 Å². The number of anilines is 1. The van der Waals surface area contributed by atoms with E-state index in [2.05, 4.69) is 20.1 Å². The number of rotatable bonds is 13. The second-order valence-corrected chi connectivity index (χ2v) is 13.2. The molecule has 3 aliphatic rings. The molecule has 0 radical (unpaired) electrons. The molecule has 2 aromatic carbocycles. The van der Waals surface area contributed by atoms with Gasteiger partial charge in [0.05, 0.1) is 17.4 Å². The number of likely N-dealkylation sites (tertiary alicyclic amines) is 1. The molecule has 2 aromatic rings. The molecular formula is C37H47N3O5. The second-order valence-electron chi connectivity index (χ2n) is 13.2. The number of carbonyl (C=O) groups is 3. The van der Waals surface area contributed by atoms with Gasteiger partial charge in [-0.2, -0.15) is 0 Å². The molecule has 3 saturated heterocycles. The molecule has 0 aliphatic carbocycles. The van der Waals surface area contributed by atoms with Crippen LogP contribution in [0.2, 0.25) is 0 Å². The monoisotopic (exact) mass is 613 g/mol. The number of aliphatic hydroxyl groups excluding tert-OH is 1. The summed E-state index contributed by atoms with van der Waals surface area (Å²) >= 11 is 0. The molecule has 3 unspecified atom stereocenters. The fourth-order valence-corrected chi connectivity index (χ4v) is 8.01. The minimum absolute atomic E-state index is 0.0109. The quantitative estimate of drug-likeness (QED) is 0.259. The van der Waals surface area contributed by atoms with Crippen LogP contribution in [0.1, 0.15) is 49.8 Å². The Labute approximate surface area is 267 Å². The van der Waals surface area contributed by atoms with Crippen LogP contribution in [0, 0.1) is 31.6 Å². The van der Waals surface area contributed by atoms with Crippen molar-refractivity contribution >= 4 is 23.4 Å². The van der Waals surface area contributed by atoms with Gasteiger partial charge in [-0.15, -0.1) is 13.2 Å². The molecule has 45 heavy (non-hydrogen) atoms. The highest BCUT2D eigenvalue weighted by atomic mass is 16.5. The first-order chi connectivity index (χ1) is 21.5. The third-order valence-corrected chi connectivity index (χ3v) is 10.2. The summed E-state index contributed by atoms with van der Waals surface area (Å²) in [5, 5.41) is 9.55. The van der Waals surface area contributed by atoms with Crippen LogP contribution in [0.5, 0.6) is 0 Å². The van der Waals surface area contributed by atoms with Crippen molar-refractivity contribution < 1.29 is 24.2 Å². The number of aryl methyl sites for hydroxylation is 2. The van der Waals surface area contributed by atoms with E-state index < -0.39 is 29.1 Å². The normalized spacial score (nSPS) is 28.2. The van der Waals surface area contributed by atoms with Crippen molar-refractivity contribution in [2.45, 2.75) is 70.7 Å². The number of hydrogen-bond acceptors (Lipinski definition) is 5. The third kappa shape index (κ3) is 5.52. The van der Waals surface area contributed by atoms with E-state index in [1.54, 1.807) is 26.9 Å². The van der Waals surface area contributed by atoms with Crippen molar-refractivity contribution in [1.29, 1.82) is 0 Å². The minimum Gasteiger partial charge on any atom is -0.396 e. The van der Waals surface area contributed by atoms with Gasteiger partial charge in [0.15, 0.2) is 0 Å². The van der Waals surface area contributed by atoms with Crippen LogP contribution < -0.4 is 4.90 Å². The number of benzene rings is 2. The van der Waals surface area contributed by atoms with Crippen molar-refractivity contribution in [3.05, 3.63) is 90.5 Å². The van der Waals surface area contributed by atoms with E-state index in [1.165, 1.54) is 0 Å². The van der Waals surface area contributed by atoms with E-state index >= 15 is 0 Å². The van der Waals surface area contributed by atoms with E-state index in [1.807, 2.05) is 69.3 Å². The maximum Gasteiger partial charge on any atom is 0.253 e. The second kappa shape index (κ2) is 12.9. The summed E-state index contributed by atoms with van der Waals surface area (Å²) in [5.74, 6) is -2.25. The van der Waals surface area contributed by atoms with Crippen LogP contribution in [-0.2, 0) is 25.7 Å². The van der Waals surface area contributed by atoms with Gasteiger partial charge in [0.1, 0.15) is 11.6 Å². The van der Waals surface area contributed by atoms with E-state index in [4.69, 9.17) is 4.74 Å². The largest absolute Gasteiger partial charge is 0.396 e. The first-order valence-corrected chi connectivity index (χ1v) is 16.1. The van der Waals surface area contributed by atoms with E-state index in [0.29, 0.717) is 38.9 Å². The average Bonchev–Trinajstić information content (AvgIpc) is 3.53. The number of fused-ring (bicyclic) bond motifs is 1.